The third-order valence-electron chi connectivity index (χ3n) is 2.73. The maximum atomic E-state index is 12.2. The van der Waals surface area contributed by atoms with Crippen molar-refractivity contribution in [3.63, 3.8) is 0 Å². The smallest absolute Gasteiger partial charge is 0.257 e. The van der Waals surface area contributed by atoms with E-state index in [-0.39, 0.29) is 5.91 Å². The summed E-state index contributed by atoms with van der Waals surface area (Å²) in [5.74, 6) is -0.323. The van der Waals surface area contributed by atoms with Gasteiger partial charge in [-0.15, -0.1) is 0 Å². The fourth-order valence-corrected chi connectivity index (χ4v) is 1.91. The topological polar surface area (TPSA) is 52.9 Å². The van der Waals surface area contributed by atoms with E-state index in [0.29, 0.717) is 21.8 Å². The van der Waals surface area contributed by atoms with Crippen LogP contribution in [0, 0.1) is 18.3 Å². The molecule has 0 aliphatic carbocycles. The van der Waals surface area contributed by atoms with Gasteiger partial charge in [0.2, 0.25) is 0 Å². The number of anilines is 1. The molecule has 0 radical (unpaired) electrons. The number of nitrogens with one attached hydrogen (secondary N) is 1. The van der Waals surface area contributed by atoms with Gasteiger partial charge in [0.15, 0.2) is 0 Å². The molecule has 0 aliphatic rings. The third-order valence-corrected chi connectivity index (χ3v) is 3.23. The zero-order chi connectivity index (χ0) is 13.8. The Morgan fingerprint density at radius 1 is 1.21 bits per heavy atom. The first kappa shape index (κ1) is 13.1. The highest BCUT2D eigenvalue weighted by atomic mass is 35.5. The molecule has 0 saturated heterocycles. The lowest BCUT2D eigenvalue weighted by atomic mass is 10.1. The van der Waals surface area contributed by atoms with Crippen molar-refractivity contribution < 1.29 is 4.79 Å². The largest absolute Gasteiger partial charge is 0.321 e. The van der Waals surface area contributed by atoms with Gasteiger partial charge < -0.3 is 5.32 Å². The van der Waals surface area contributed by atoms with Gasteiger partial charge in [-0.1, -0.05) is 35.9 Å². The van der Waals surface area contributed by atoms with Crippen LogP contribution in [0.5, 0.6) is 0 Å². The van der Waals surface area contributed by atoms with E-state index in [1.165, 1.54) is 0 Å². The summed E-state index contributed by atoms with van der Waals surface area (Å²) in [7, 11) is 0. The molecule has 2 aromatic rings. The van der Waals surface area contributed by atoms with E-state index in [4.69, 9.17) is 16.9 Å². The second-order valence-corrected chi connectivity index (χ2v) is 4.43. The molecule has 1 amide bonds. The number of benzene rings is 2. The number of nitriles is 1. The van der Waals surface area contributed by atoms with E-state index in [1.807, 2.05) is 19.1 Å². The van der Waals surface area contributed by atoms with Crippen LogP contribution < -0.4 is 5.32 Å². The molecule has 0 aromatic heterocycles. The van der Waals surface area contributed by atoms with Crippen LogP contribution in [-0.2, 0) is 0 Å². The van der Waals surface area contributed by atoms with Crippen LogP contribution in [0.1, 0.15) is 21.5 Å². The van der Waals surface area contributed by atoms with Gasteiger partial charge >= 0.3 is 0 Å². The normalized spacial score (nSPS) is 9.74. The molecule has 0 saturated carbocycles. The first-order valence-electron chi connectivity index (χ1n) is 5.69. The predicted molar refractivity (Wildman–Crippen MR) is 75.3 cm³/mol. The lowest BCUT2D eigenvalue weighted by molar-refractivity contribution is 0.102. The van der Waals surface area contributed by atoms with Gasteiger partial charge in [-0.3, -0.25) is 4.79 Å². The van der Waals surface area contributed by atoms with E-state index in [0.717, 1.165) is 5.56 Å². The Bertz CT molecular complexity index is 674. The molecule has 1 N–H and O–H groups in total. The van der Waals surface area contributed by atoms with Crippen molar-refractivity contribution in [1.82, 2.24) is 0 Å². The van der Waals surface area contributed by atoms with Crippen LogP contribution in [0.3, 0.4) is 0 Å². The second-order valence-electron chi connectivity index (χ2n) is 4.05. The van der Waals surface area contributed by atoms with Gasteiger partial charge in [-0.25, -0.2) is 0 Å². The first-order valence-corrected chi connectivity index (χ1v) is 6.07. The highest BCUT2D eigenvalue weighted by Gasteiger charge is 2.13. The number of hydrogen-bond acceptors (Lipinski definition) is 2. The monoisotopic (exact) mass is 270 g/mol. The molecule has 4 heteroatoms. The van der Waals surface area contributed by atoms with E-state index in [9.17, 15) is 4.79 Å². The fourth-order valence-electron chi connectivity index (χ4n) is 1.70. The van der Waals surface area contributed by atoms with Crippen LogP contribution in [-0.4, -0.2) is 5.91 Å². The van der Waals surface area contributed by atoms with Crippen LogP contribution in [0.15, 0.2) is 42.5 Å². The number of nitrogens with zero attached hydrogens (tertiary/aromatic N) is 1. The summed E-state index contributed by atoms with van der Waals surface area (Å²) in [5, 5.41) is 12.1. The van der Waals surface area contributed by atoms with Crippen LogP contribution in [0.4, 0.5) is 5.69 Å². The van der Waals surface area contributed by atoms with Gasteiger partial charge in [-0.2, -0.15) is 5.26 Å². The molecule has 2 aromatic carbocycles. The van der Waals surface area contributed by atoms with E-state index < -0.39 is 0 Å². The molecule has 0 unspecified atom stereocenters. The molecule has 3 nitrogen and oxygen atoms in total. The summed E-state index contributed by atoms with van der Waals surface area (Å²) in [5.41, 5.74) is 2.13. The van der Waals surface area contributed by atoms with E-state index in [2.05, 4.69) is 5.32 Å². The molecule has 0 aliphatic heterocycles. The van der Waals surface area contributed by atoms with Crippen molar-refractivity contribution in [3.05, 3.63) is 64.2 Å². The Balaban J connectivity index is 2.32. The maximum absolute atomic E-state index is 12.2. The van der Waals surface area contributed by atoms with Crippen molar-refractivity contribution >= 4 is 23.2 Å². The number of amides is 1. The highest BCUT2D eigenvalue weighted by molar-refractivity contribution is 6.35. The number of rotatable bonds is 2. The Morgan fingerprint density at radius 3 is 2.68 bits per heavy atom. The molecule has 0 bridgehead atoms. The number of carbonyl (C=O) groups excluding carboxylic acids is 1. The van der Waals surface area contributed by atoms with Crippen LogP contribution >= 0.6 is 11.6 Å². The van der Waals surface area contributed by atoms with Crippen molar-refractivity contribution in [3.8, 4) is 6.07 Å². The molecule has 0 heterocycles. The van der Waals surface area contributed by atoms with E-state index in [1.54, 1.807) is 36.4 Å². The van der Waals surface area contributed by atoms with Gasteiger partial charge in [0.1, 0.15) is 6.07 Å². The molecule has 2 rings (SSSR count). The third kappa shape index (κ3) is 2.75. The summed E-state index contributed by atoms with van der Waals surface area (Å²) in [6, 6.07) is 14.1. The summed E-state index contributed by atoms with van der Waals surface area (Å²) < 4.78 is 0. The van der Waals surface area contributed by atoms with Crippen molar-refractivity contribution in [2.24, 2.45) is 0 Å². The quantitative estimate of drug-likeness (QED) is 0.903. The average molecular weight is 271 g/mol. The number of halogens is 1. The summed E-state index contributed by atoms with van der Waals surface area (Å²) in [6.07, 6.45) is 0. The molecular weight excluding hydrogens is 260 g/mol. The van der Waals surface area contributed by atoms with Crippen molar-refractivity contribution in [2.75, 3.05) is 5.32 Å². The minimum absolute atomic E-state index is 0.323. The summed E-state index contributed by atoms with van der Waals surface area (Å²) >= 11 is 6.10. The molecule has 19 heavy (non-hydrogen) atoms. The second kappa shape index (κ2) is 5.55. The lowest BCUT2D eigenvalue weighted by Gasteiger charge is -2.09. The lowest BCUT2D eigenvalue weighted by Crippen LogP contribution is -2.13. The first-order chi connectivity index (χ1) is 9.13. The molecule has 0 fully saturated rings. The molecular formula is C15H11ClN2O. The minimum atomic E-state index is -0.323. The Hall–Kier alpha value is -2.31. The van der Waals surface area contributed by atoms with Crippen molar-refractivity contribution in [1.29, 1.82) is 5.26 Å². The van der Waals surface area contributed by atoms with Gasteiger partial charge in [0, 0.05) is 0 Å². The fraction of sp³-hybridized carbons (Fsp3) is 0.0667. The SMILES string of the molecule is Cc1cccc(C(=O)Nc2ccccc2C#N)c1Cl. The van der Waals surface area contributed by atoms with Gasteiger partial charge in [0.05, 0.1) is 21.8 Å². The summed E-state index contributed by atoms with van der Waals surface area (Å²) in [6.45, 7) is 1.84. The van der Waals surface area contributed by atoms with Gasteiger partial charge in [0.25, 0.3) is 5.91 Å². The van der Waals surface area contributed by atoms with Crippen molar-refractivity contribution in [2.45, 2.75) is 6.92 Å². The van der Waals surface area contributed by atoms with Gasteiger partial charge in [-0.05, 0) is 30.7 Å². The number of para-hydroxylation sites is 1. The van der Waals surface area contributed by atoms with Crippen LogP contribution in [0.25, 0.3) is 0 Å². The standard InChI is InChI=1S/C15H11ClN2O/c1-10-5-4-7-12(14(10)16)15(19)18-13-8-3-2-6-11(13)9-17/h2-8H,1H3,(H,18,19). The zero-order valence-corrected chi connectivity index (χ0v) is 11.0. The highest BCUT2D eigenvalue weighted by Crippen LogP contribution is 2.22. The van der Waals surface area contributed by atoms with Crippen LogP contribution in [0.2, 0.25) is 5.02 Å². The predicted octanol–water partition coefficient (Wildman–Crippen LogP) is 3.77. The molecule has 0 atom stereocenters. The minimum Gasteiger partial charge on any atom is -0.321 e. The maximum Gasteiger partial charge on any atom is 0.257 e. The number of carbonyl (C=O) groups is 1. The zero-order valence-electron chi connectivity index (χ0n) is 10.3. The molecule has 0 spiro atoms. The number of aryl methyl sites for hydroxylation is 1. The summed E-state index contributed by atoms with van der Waals surface area (Å²) in [4.78, 5) is 12.2. The Labute approximate surface area is 116 Å². The number of hydrogen-bond donors (Lipinski definition) is 1. The average Bonchev–Trinajstić information content (AvgIpc) is 2.42. The van der Waals surface area contributed by atoms with E-state index >= 15 is 0 Å². The Kier molecular flexibility index (Phi) is 3.84. The molecule has 94 valence electrons. The Morgan fingerprint density at radius 2 is 1.95 bits per heavy atom.